The van der Waals surface area contributed by atoms with Crippen LogP contribution in [0.4, 0.5) is 0 Å². The van der Waals surface area contributed by atoms with Crippen LogP contribution in [0.1, 0.15) is 27.2 Å². The number of ether oxygens (including phenoxy) is 1. The highest BCUT2D eigenvalue weighted by atomic mass is 16.5. The van der Waals surface area contributed by atoms with Gasteiger partial charge in [-0.15, -0.1) is 13.2 Å². The molecule has 0 aromatic heterocycles. The lowest BCUT2D eigenvalue weighted by molar-refractivity contribution is -0.125. The normalized spacial score (nSPS) is 14.8. The van der Waals surface area contributed by atoms with Crippen molar-refractivity contribution >= 4 is 18.1 Å². The van der Waals surface area contributed by atoms with Crippen LogP contribution < -0.4 is 11.1 Å². The van der Waals surface area contributed by atoms with Gasteiger partial charge in [-0.05, 0) is 6.92 Å². The maximum absolute atomic E-state index is 11.5. The summed E-state index contributed by atoms with van der Waals surface area (Å²) in [6, 6.07) is -0.769. The van der Waals surface area contributed by atoms with E-state index in [9.17, 15) is 14.4 Å². The molecule has 1 atom stereocenters. The van der Waals surface area contributed by atoms with E-state index in [1.807, 2.05) is 0 Å². The average molecular weight is 359 g/mol. The van der Waals surface area contributed by atoms with Crippen molar-refractivity contribution in [3.63, 3.8) is 0 Å². The van der Waals surface area contributed by atoms with E-state index in [4.69, 9.17) is 15.6 Å². The zero-order valence-electron chi connectivity index (χ0n) is 15.6. The highest BCUT2D eigenvalue weighted by Crippen LogP contribution is 2.17. The van der Waals surface area contributed by atoms with E-state index in [-0.39, 0.29) is 18.3 Å². The van der Waals surface area contributed by atoms with Crippen molar-refractivity contribution in [2.24, 2.45) is 11.1 Å². The number of rotatable bonds is 7. The van der Waals surface area contributed by atoms with Gasteiger partial charge >= 0.3 is 0 Å². The molecule has 1 fully saturated rings. The van der Waals surface area contributed by atoms with Crippen LogP contribution in [0, 0.1) is 5.41 Å². The van der Waals surface area contributed by atoms with Crippen molar-refractivity contribution in [1.29, 1.82) is 0 Å². The fraction of sp³-hybridized carbons (Fsp3) is 0.706. The quantitative estimate of drug-likeness (QED) is 0.424. The summed E-state index contributed by atoms with van der Waals surface area (Å²) in [6.45, 7) is 13.9. The molecule has 146 valence electrons. The summed E-state index contributed by atoms with van der Waals surface area (Å²) in [7, 11) is 0. The van der Waals surface area contributed by atoms with Gasteiger partial charge in [0.25, 0.3) is 0 Å². The first-order valence-electron chi connectivity index (χ1n) is 8.15. The predicted molar refractivity (Wildman–Crippen MR) is 96.9 cm³/mol. The Morgan fingerprint density at radius 3 is 2.24 bits per heavy atom. The zero-order chi connectivity index (χ0) is 19.9. The number of nitrogens with two attached hydrogens (primary N) is 1. The van der Waals surface area contributed by atoms with E-state index in [2.05, 4.69) is 18.5 Å². The van der Waals surface area contributed by atoms with Crippen LogP contribution in [0.15, 0.2) is 13.2 Å². The van der Waals surface area contributed by atoms with Gasteiger partial charge in [-0.25, -0.2) is 0 Å². The summed E-state index contributed by atoms with van der Waals surface area (Å²) in [5, 5.41) is 11.6. The Balaban J connectivity index is 0. The van der Waals surface area contributed by atoms with E-state index >= 15 is 0 Å². The smallest absolute Gasteiger partial charge is 0.237 e. The highest BCUT2D eigenvalue weighted by molar-refractivity contribution is 5.83. The number of carbonyl (C=O) groups excluding carboxylic acids is 3. The molecule has 0 aromatic carbocycles. The Labute approximate surface area is 150 Å². The molecule has 1 aliphatic heterocycles. The van der Waals surface area contributed by atoms with E-state index in [1.165, 1.54) is 6.92 Å². The predicted octanol–water partition coefficient (Wildman–Crippen LogP) is -0.295. The number of morpholine rings is 1. The number of aliphatic hydroxyl groups is 1. The van der Waals surface area contributed by atoms with Gasteiger partial charge < -0.3 is 25.8 Å². The molecule has 0 saturated carbocycles. The Morgan fingerprint density at radius 1 is 1.36 bits per heavy atom. The molecule has 0 aliphatic carbocycles. The lowest BCUT2D eigenvalue weighted by Gasteiger charge is -2.28. The molecule has 0 spiro atoms. The summed E-state index contributed by atoms with van der Waals surface area (Å²) in [4.78, 5) is 33.8. The van der Waals surface area contributed by atoms with Crippen molar-refractivity contribution in [2.75, 3.05) is 39.5 Å². The number of amides is 2. The number of carbonyl (C=O) groups is 3. The Morgan fingerprint density at radius 2 is 1.88 bits per heavy atom. The van der Waals surface area contributed by atoms with Gasteiger partial charge in [-0.1, -0.05) is 13.8 Å². The molecule has 0 radical (unpaired) electrons. The minimum Gasteiger partial charge on any atom is -0.396 e. The van der Waals surface area contributed by atoms with E-state index in [0.29, 0.717) is 26.2 Å². The summed E-state index contributed by atoms with van der Waals surface area (Å²) in [5.74, 6) is -0.319. The minimum absolute atomic E-state index is 0.0188. The third-order valence-corrected chi connectivity index (χ3v) is 3.50. The minimum atomic E-state index is -0.769. The SMILES string of the molecule is C=C.CC(=O)CCNC(=O)C(N)C(C)(C)CO.O=CN1CCOCC1. The second-order valence-corrected chi connectivity index (χ2v) is 6.12. The number of aliphatic hydroxyl groups excluding tert-OH is 1. The van der Waals surface area contributed by atoms with Gasteiger partial charge in [-0.2, -0.15) is 0 Å². The third kappa shape index (κ3) is 12.3. The molecule has 0 bridgehead atoms. The van der Waals surface area contributed by atoms with Crippen LogP contribution in [0.2, 0.25) is 0 Å². The van der Waals surface area contributed by atoms with Gasteiger partial charge in [0.15, 0.2) is 0 Å². The van der Waals surface area contributed by atoms with Crippen molar-refractivity contribution in [2.45, 2.75) is 33.2 Å². The molecule has 8 heteroatoms. The van der Waals surface area contributed by atoms with Crippen LogP contribution in [-0.2, 0) is 19.1 Å². The molecule has 25 heavy (non-hydrogen) atoms. The van der Waals surface area contributed by atoms with E-state index < -0.39 is 11.5 Å². The van der Waals surface area contributed by atoms with Crippen molar-refractivity contribution in [3.8, 4) is 0 Å². The number of nitrogens with zero attached hydrogens (tertiary/aromatic N) is 1. The molecular weight excluding hydrogens is 326 g/mol. The van der Waals surface area contributed by atoms with Crippen LogP contribution in [0.25, 0.3) is 0 Å². The van der Waals surface area contributed by atoms with Gasteiger partial charge in [-0.3, -0.25) is 14.4 Å². The molecule has 0 aromatic rings. The largest absolute Gasteiger partial charge is 0.396 e. The molecule has 1 heterocycles. The second-order valence-electron chi connectivity index (χ2n) is 6.12. The van der Waals surface area contributed by atoms with E-state index in [1.54, 1.807) is 18.7 Å². The van der Waals surface area contributed by atoms with Crippen molar-refractivity contribution in [3.05, 3.63) is 13.2 Å². The van der Waals surface area contributed by atoms with Crippen molar-refractivity contribution < 1.29 is 24.2 Å². The average Bonchev–Trinajstić information content (AvgIpc) is 2.63. The fourth-order valence-electron chi connectivity index (χ4n) is 1.61. The molecule has 4 N–H and O–H groups in total. The molecule has 8 nitrogen and oxygen atoms in total. The summed E-state index contributed by atoms with van der Waals surface area (Å²) >= 11 is 0. The van der Waals surface area contributed by atoms with Crippen LogP contribution in [0.5, 0.6) is 0 Å². The molecule has 1 rings (SSSR count). The molecular formula is C17H33N3O5. The maximum atomic E-state index is 11.5. The Hall–Kier alpha value is -1.77. The maximum Gasteiger partial charge on any atom is 0.237 e. The topological polar surface area (TPSA) is 122 Å². The molecule has 2 amide bonds. The first-order chi connectivity index (χ1) is 11.7. The first kappa shape index (κ1) is 25.5. The van der Waals surface area contributed by atoms with Gasteiger partial charge in [0.05, 0.1) is 25.9 Å². The van der Waals surface area contributed by atoms with Gasteiger partial charge in [0, 0.05) is 31.5 Å². The lowest BCUT2D eigenvalue weighted by atomic mass is 9.85. The molecule has 1 saturated heterocycles. The monoisotopic (exact) mass is 359 g/mol. The molecule has 1 unspecified atom stereocenters. The zero-order valence-corrected chi connectivity index (χ0v) is 15.6. The number of ketones is 1. The Kier molecular flexibility index (Phi) is 14.8. The number of nitrogens with one attached hydrogen (secondary N) is 1. The van der Waals surface area contributed by atoms with Gasteiger partial charge in [0.1, 0.15) is 5.78 Å². The van der Waals surface area contributed by atoms with Crippen LogP contribution >= 0.6 is 0 Å². The van der Waals surface area contributed by atoms with Crippen LogP contribution in [-0.4, -0.2) is 73.6 Å². The lowest BCUT2D eigenvalue weighted by Crippen LogP contribution is -2.51. The Bertz CT molecular complexity index is 396. The summed E-state index contributed by atoms with van der Waals surface area (Å²) < 4.78 is 5.00. The second kappa shape index (κ2) is 14.6. The summed E-state index contributed by atoms with van der Waals surface area (Å²) in [6.07, 6.45) is 1.17. The first-order valence-corrected chi connectivity index (χ1v) is 8.15. The fourth-order valence-corrected chi connectivity index (χ4v) is 1.61. The standard InChI is InChI=1S/C10H20N2O3.C5H9NO2.C2H4/c1-7(14)4-5-12-9(15)8(11)10(2,3)6-13;7-5-6-1-3-8-4-2-6;1-2/h8,13H,4-6,11H2,1-3H3,(H,12,15);5H,1-4H2;1-2H2. The van der Waals surface area contributed by atoms with E-state index in [0.717, 1.165) is 19.5 Å². The number of hydrogen-bond donors (Lipinski definition) is 3. The van der Waals surface area contributed by atoms with Crippen LogP contribution in [0.3, 0.4) is 0 Å². The van der Waals surface area contributed by atoms with Gasteiger partial charge in [0.2, 0.25) is 12.3 Å². The number of Topliss-reactive ketones (excluding diaryl/α,β-unsaturated/α-hetero) is 1. The number of hydrogen-bond acceptors (Lipinski definition) is 6. The third-order valence-electron chi connectivity index (χ3n) is 3.50. The summed E-state index contributed by atoms with van der Waals surface area (Å²) in [5.41, 5.74) is 5.01. The highest BCUT2D eigenvalue weighted by Gasteiger charge is 2.31. The molecule has 1 aliphatic rings. The van der Waals surface area contributed by atoms with Crippen molar-refractivity contribution in [1.82, 2.24) is 10.2 Å².